The number of carbonyl (C=O) groups is 1. The molecule has 6 unspecified atom stereocenters. The fourth-order valence-corrected chi connectivity index (χ4v) is 5.67. The molecule has 6 atom stereocenters. The van der Waals surface area contributed by atoms with Crippen molar-refractivity contribution in [2.24, 2.45) is 29.6 Å². The molecule has 2 nitrogen and oxygen atoms in total. The first-order chi connectivity index (χ1) is 10.4. The number of rotatable bonds is 3. The van der Waals surface area contributed by atoms with Gasteiger partial charge >= 0.3 is 5.97 Å². The van der Waals surface area contributed by atoms with Crippen molar-refractivity contribution in [1.29, 1.82) is 0 Å². The average molecular weight is 304 g/mol. The molecular weight excluding hydrogens is 272 g/mol. The highest BCUT2D eigenvalue weighted by atomic mass is 16.6. The Bertz CT molecular complexity index is 455. The SMILES string of the molecule is C=C(C)C(=O)OC1(C2CC3CCC2C3)CCCCC(C)C1C. The molecule has 3 fully saturated rings. The lowest BCUT2D eigenvalue weighted by Crippen LogP contribution is -2.51. The predicted octanol–water partition coefficient (Wildman–Crippen LogP) is 5.13. The smallest absolute Gasteiger partial charge is 0.333 e. The van der Waals surface area contributed by atoms with E-state index in [2.05, 4.69) is 20.4 Å². The Hall–Kier alpha value is -0.790. The van der Waals surface area contributed by atoms with Gasteiger partial charge < -0.3 is 4.74 Å². The Morgan fingerprint density at radius 2 is 1.91 bits per heavy atom. The summed E-state index contributed by atoms with van der Waals surface area (Å²) in [5.74, 6) is 3.20. The summed E-state index contributed by atoms with van der Waals surface area (Å²) in [4.78, 5) is 12.4. The Balaban J connectivity index is 1.93. The van der Waals surface area contributed by atoms with Crippen LogP contribution in [0.2, 0.25) is 0 Å². The van der Waals surface area contributed by atoms with Crippen LogP contribution in [0.1, 0.15) is 72.1 Å². The van der Waals surface area contributed by atoms with Gasteiger partial charge in [0.1, 0.15) is 5.60 Å². The van der Waals surface area contributed by atoms with E-state index in [0.717, 1.165) is 18.3 Å². The van der Waals surface area contributed by atoms with Crippen LogP contribution in [0.3, 0.4) is 0 Å². The maximum atomic E-state index is 12.4. The molecule has 22 heavy (non-hydrogen) atoms. The minimum atomic E-state index is -0.230. The Morgan fingerprint density at radius 3 is 2.50 bits per heavy atom. The molecule has 3 rings (SSSR count). The second kappa shape index (κ2) is 6.02. The number of fused-ring (bicyclic) bond motifs is 2. The molecule has 0 aliphatic heterocycles. The van der Waals surface area contributed by atoms with Gasteiger partial charge in [-0.2, -0.15) is 0 Å². The van der Waals surface area contributed by atoms with Crippen LogP contribution in [-0.4, -0.2) is 11.6 Å². The number of carbonyl (C=O) groups excluding carboxylic acids is 1. The van der Waals surface area contributed by atoms with Gasteiger partial charge in [-0.3, -0.25) is 0 Å². The first kappa shape index (κ1) is 16.1. The van der Waals surface area contributed by atoms with E-state index in [0.29, 0.717) is 23.3 Å². The second-order valence-corrected chi connectivity index (χ2v) is 8.42. The summed E-state index contributed by atoms with van der Waals surface area (Å²) in [5.41, 5.74) is 0.317. The Labute approximate surface area is 135 Å². The third-order valence-electron chi connectivity index (χ3n) is 7.10. The van der Waals surface area contributed by atoms with E-state index >= 15 is 0 Å². The van der Waals surface area contributed by atoms with Gasteiger partial charge in [0.2, 0.25) is 0 Å². The lowest BCUT2D eigenvalue weighted by Gasteiger charge is -2.47. The van der Waals surface area contributed by atoms with Crippen LogP contribution >= 0.6 is 0 Å². The minimum absolute atomic E-state index is 0.163. The number of hydrogen-bond acceptors (Lipinski definition) is 2. The summed E-state index contributed by atoms with van der Waals surface area (Å²) < 4.78 is 6.30. The van der Waals surface area contributed by atoms with Crippen molar-refractivity contribution in [3.63, 3.8) is 0 Å². The first-order valence-corrected chi connectivity index (χ1v) is 9.33. The van der Waals surface area contributed by atoms with E-state index < -0.39 is 0 Å². The Kier molecular flexibility index (Phi) is 4.40. The van der Waals surface area contributed by atoms with Crippen molar-refractivity contribution in [2.45, 2.75) is 77.7 Å². The van der Waals surface area contributed by atoms with Crippen LogP contribution in [0.4, 0.5) is 0 Å². The normalized spacial score (nSPS) is 44.6. The Morgan fingerprint density at radius 1 is 1.14 bits per heavy atom. The molecule has 3 saturated carbocycles. The summed E-state index contributed by atoms with van der Waals surface area (Å²) >= 11 is 0. The van der Waals surface area contributed by atoms with Crippen molar-refractivity contribution in [1.82, 2.24) is 0 Å². The maximum absolute atomic E-state index is 12.4. The van der Waals surface area contributed by atoms with Crippen molar-refractivity contribution < 1.29 is 9.53 Å². The van der Waals surface area contributed by atoms with E-state index in [-0.39, 0.29) is 11.6 Å². The van der Waals surface area contributed by atoms with Crippen LogP contribution in [0.5, 0.6) is 0 Å². The minimum Gasteiger partial charge on any atom is -0.455 e. The second-order valence-electron chi connectivity index (χ2n) is 8.42. The van der Waals surface area contributed by atoms with E-state index in [1.54, 1.807) is 6.92 Å². The van der Waals surface area contributed by atoms with Gasteiger partial charge in [0.15, 0.2) is 0 Å². The molecule has 3 aliphatic carbocycles. The van der Waals surface area contributed by atoms with Gasteiger partial charge in [-0.1, -0.05) is 39.7 Å². The zero-order valence-electron chi connectivity index (χ0n) is 14.6. The van der Waals surface area contributed by atoms with Gasteiger partial charge in [0.25, 0.3) is 0 Å². The third-order valence-corrected chi connectivity index (χ3v) is 7.10. The molecule has 2 bridgehead atoms. The fraction of sp³-hybridized carbons (Fsp3) is 0.850. The van der Waals surface area contributed by atoms with Crippen molar-refractivity contribution in [3.8, 4) is 0 Å². The quantitative estimate of drug-likeness (QED) is 0.410. The molecule has 0 heterocycles. The summed E-state index contributed by atoms with van der Waals surface area (Å²) in [7, 11) is 0. The van der Waals surface area contributed by atoms with E-state index in [1.807, 2.05) is 0 Å². The molecule has 0 spiro atoms. The molecule has 0 N–H and O–H groups in total. The molecule has 0 aromatic rings. The van der Waals surface area contributed by atoms with Gasteiger partial charge in [0.05, 0.1) is 0 Å². The lowest BCUT2D eigenvalue weighted by atomic mass is 9.66. The summed E-state index contributed by atoms with van der Waals surface area (Å²) in [6, 6.07) is 0. The molecule has 3 aliphatic rings. The first-order valence-electron chi connectivity index (χ1n) is 9.33. The monoisotopic (exact) mass is 304 g/mol. The topological polar surface area (TPSA) is 26.3 Å². The standard InChI is InChI=1S/C20H32O2/c1-13(2)19(21)22-20(10-6-5-7-14(3)15(20)4)18-12-16-8-9-17(18)11-16/h14-18H,1,5-12H2,2-4H3. The van der Waals surface area contributed by atoms with E-state index in [1.165, 1.54) is 44.9 Å². The highest BCUT2D eigenvalue weighted by Gasteiger charge is 2.56. The summed E-state index contributed by atoms with van der Waals surface area (Å²) in [5, 5.41) is 0. The number of hydrogen-bond donors (Lipinski definition) is 0. The van der Waals surface area contributed by atoms with Crippen LogP contribution in [0, 0.1) is 29.6 Å². The molecule has 124 valence electrons. The van der Waals surface area contributed by atoms with Crippen LogP contribution < -0.4 is 0 Å². The number of esters is 1. The highest BCUT2D eigenvalue weighted by Crippen LogP contribution is 2.58. The van der Waals surface area contributed by atoms with E-state index in [4.69, 9.17) is 4.74 Å². The fourth-order valence-electron chi connectivity index (χ4n) is 5.67. The molecule has 2 heteroatoms. The van der Waals surface area contributed by atoms with Gasteiger partial charge in [-0.25, -0.2) is 4.79 Å². The van der Waals surface area contributed by atoms with Gasteiger partial charge in [-0.05, 0) is 62.7 Å². The molecular formula is C20H32O2. The van der Waals surface area contributed by atoms with Crippen LogP contribution in [0.25, 0.3) is 0 Å². The molecule has 0 amide bonds. The zero-order chi connectivity index (χ0) is 15.9. The lowest BCUT2D eigenvalue weighted by molar-refractivity contribution is -0.178. The average Bonchev–Trinajstić information content (AvgIpc) is 3.08. The molecule has 0 radical (unpaired) electrons. The highest BCUT2D eigenvalue weighted by molar-refractivity contribution is 5.87. The molecule has 0 aromatic carbocycles. The van der Waals surface area contributed by atoms with Gasteiger partial charge in [-0.15, -0.1) is 0 Å². The van der Waals surface area contributed by atoms with Crippen LogP contribution in [-0.2, 0) is 9.53 Å². The van der Waals surface area contributed by atoms with Crippen LogP contribution in [0.15, 0.2) is 12.2 Å². The number of ether oxygens (including phenoxy) is 1. The summed E-state index contributed by atoms with van der Waals surface area (Å²) in [6.45, 7) is 10.3. The third kappa shape index (κ3) is 2.63. The zero-order valence-corrected chi connectivity index (χ0v) is 14.6. The van der Waals surface area contributed by atoms with Gasteiger partial charge in [0, 0.05) is 11.5 Å². The maximum Gasteiger partial charge on any atom is 0.333 e. The van der Waals surface area contributed by atoms with Crippen molar-refractivity contribution >= 4 is 5.97 Å². The van der Waals surface area contributed by atoms with Crippen molar-refractivity contribution in [2.75, 3.05) is 0 Å². The molecule has 0 saturated heterocycles. The van der Waals surface area contributed by atoms with Crippen molar-refractivity contribution in [3.05, 3.63) is 12.2 Å². The summed E-state index contributed by atoms with van der Waals surface area (Å²) in [6.07, 6.45) is 10.2. The predicted molar refractivity (Wildman–Crippen MR) is 89.4 cm³/mol. The largest absolute Gasteiger partial charge is 0.455 e. The molecule has 0 aromatic heterocycles. The van der Waals surface area contributed by atoms with E-state index in [9.17, 15) is 4.79 Å².